The maximum absolute atomic E-state index is 5.90. The van der Waals surface area contributed by atoms with E-state index >= 15 is 0 Å². The van der Waals surface area contributed by atoms with Crippen molar-refractivity contribution in [2.75, 3.05) is 0 Å². The van der Waals surface area contributed by atoms with Gasteiger partial charge in [0.25, 0.3) is 0 Å². The summed E-state index contributed by atoms with van der Waals surface area (Å²) in [4.78, 5) is 4.31. The second kappa shape index (κ2) is 7.09. The molecule has 0 unspecified atom stereocenters. The van der Waals surface area contributed by atoms with Crippen LogP contribution in [-0.2, 0) is 0 Å². The molecule has 0 heterocycles. The van der Waals surface area contributed by atoms with Crippen LogP contribution in [0.1, 0.15) is 30.9 Å². The van der Waals surface area contributed by atoms with Crippen molar-refractivity contribution in [1.82, 2.24) is 0 Å². The summed E-state index contributed by atoms with van der Waals surface area (Å²) >= 11 is 5.83. The van der Waals surface area contributed by atoms with Gasteiger partial charge in [0, 0.05) is 5.02 Å². The number of rotatable bonds is 4. The van der Waals surface area contributed by atoms with E-state index in [1.165, 1.54) is 5.56 Å². The molecule has 0 aliphatic carbocycles. The summed E-state index contributed by atoms with van der Waals surface area (Å²) in [5.74, 6) is 1.00. The highest BCUT2D eigenvalue weighted by Gasteiger charge is 1.97. The van der Waals surface area contributed by atoms with E-state index in [0.29, 0.717) is 16.8 Å². The highest BCUT2D eigenvalue weighted by molar-refractivity contribution is 6.30. The van der Waals surface area contributed by atoms with Gasteiger partial charge in [-0.05, 0) is 47.4 Å². The normalized spacial score (nSPS) is 12.3. The van der Waals surface area contributed by atoms with Crippen LogP contribution in [-0.4, -0.2) is 5.84 Å². The number of hydrogen-bond donors (Lipinski definition) is 1. The first-order chi connectivity index (χ1) is 10.0. The third kappa shape index (κ3) is 4.76. The van der Waals surface area contributed by atoms with Gasteiger partial charge in [0.05, 0.1) is 5.69 Å². The van der Waals surface area contributed by atoms with E-state index in [1.54, 1.807) is 18.2 Å². The van der Waals surface area contributed by atoms with E-state index in [-0.39, 0.29) is 0 Å². The maximum atomic E-state index is 5.90. The van der Waals surface area contributed by atoms with Crippen molar-refractivity contribution < 1.29 is 0 Å². The van der Waals surface area contributed by atoms with Gasteiger partial charge in [0.1, 0.15) is 5.84 Å². The SMILES string of the molecule is CC(C)c1ccc(C=CC(N)=Nc2ccc(Cl)cc2)cc1. The maximum Gasteiger partial charge on any atom is 0.124 e. The van der Waals surface area contributed by atoms with E-state index < -0.39 is 0 Å². The monoisotopic (exact) mass is 298 g/mol. The van der Waals surface area contributed by atoms with Crippen molar-refractivity contribution in [3.05, 3.63) is 70.8 Å². The molecule has 3 heteroatoms. The minimum Gasteiger partial charge on any atom is -0.384 e. The third-order valence-corrected chi connectivity index (χ3v) is 3.39. The third-order valence-electron chi connectivity index (χ3n) is 3.13. The molecule has 0 aliphatic rings. The van der Waals surface area contributed by atoms with Crippen molar-refractivity contribution >= 4 is 29.2 Å². The molecule has 0 aliphatic heterocycles. The molecule has 0 spiro atoms. The van der Waals surface area contributed by atoms with E-state index in [9.17, 15) is 0 Å². The first-order valence-electron chi connectivity index (χ1n) is 6.92. The van der Waals surface area contributed by atoms with Crippen LogP contribution in [0, 0.1) is 0 Å². The first kappa shape index (κ1) is 15.3. The van der Waals surface area contributed by atoms with E-state index in [0.717, 1.165) is 11.3 Å². The van der Waals surface area contributed by atoms with Crippen LogP contribution < -0.4 is 5.73 Å². The topological polar surface area (TPSA) is 38.4 Å². The minimum atomic E-state index is 0.463. The Labute approximate surface area is 131 Å². The average molecular weight is 299 g/mol. The average Bonchev–Trinajstić information content (AvgIpc) is 2.48. The molecule has 0 radical (unpaired) electrons. The molecule has 0 amide bonds. The van der Waals surface area contributed by atoms with Crippen LogP contribution in [0.25, 0.3) is 6.08 Å². The lowest BCUT2D eigenvalue weighted by Crippen LogP contribution is -2.06. The molecule has 108 valence electrons. The van der Waals surface area contributed by atoms with Gasteiger partial charge >= 0.3 is 0 Å². The predicted molar refractivity (Wildman–Crippen MR) is 92.3 cm³/mol. The molecular weight excluding hydrogens is 280 g/mol. The summed E-state index contributed by atoms with van der Waals surface area (Å²) in [6.07, 6.45) is 3.76. The zero-order valence-corrected chi connectivity index (χ0v) is 13.0. The van der Waals surface area contributed by atoms with E-state index in [1.807, 2.05) is 18.2 Å². The summed E-state index contributed by atoms with van der Waals surface area (Å²) < 4.78 is 0. The van der Waals surface area contributed by atoms with Crippen LogP contribution in [0.4, 0.5) is 5.69 Å². The number of hydrogen-bond acceptors (Lipinski definition) is 1. The molecule has 0 aromatic heterocycles. The van der Waals surface area contributed by atoms with Crippen LogP contribution in [0.5, 0.6) is 0 Å². The molecule has 2 nitrogen and oxygen atoms in total. The number of halogens is 1. The largest absolute Gasteiger partial charge is 0.384 e. The predicted octanol–water partition coefficient (Wildman–Crippen LogP) is 5.17. The highest BCUT2D eigenvalue weighted by Crippen LogP contribution is 2.17. The molecule has 2 N–H and O–H groups in total. The Hall–Kier alpha value is -2.06. The Balaban J connectivity index is 2.07. The summed E-state index contributed by atoms with van der Waals surface area (Å²) in [7, 11) is 0. The smallest absolute Gasteiger partial charge is 0.124 e. The molecule has 0 saturated heterocycles. The van der Waals surface area contributed by atoms with Gasteiger partial charge in [-0.15, -0.1) is 0 Å². The second-order valence-corrected chi connectivity index (χ2v) is 5.60. The fourth-order valence-corrected chi connectivity index (χ4v) is 2.00. The number of nitrogens with zero attached hydrogens (tertiary/aromatic N) is 1. The number of benzene rings is 2. The number of aliphatic imine (C=N–C) groups is 1. The van der Waals surface area contributed by atoms with Crippen LogP contribution >= 0.6 is 11.6 Å². The lowest BCUT2D eigenvalue weighted by Gasteiger charge is -2.04. The Morgan fingerprint density at radius 3 is 2.24 bits per heavy atom. The fourth-order valence-electron chi connectivity index (χ4n) is 1.88. The van der Waals surface area contributed by atoms with Crippen molar-refractivity contribution in [2.24, 2.45) is 10.7 Å². The summed E-state index contributed by atoms with van der Waals surface area (Å²) in [6, 6.07) is 15.7. The molecular formula is C18H19ClN2. The molecule has 0 fully saturated rings. The Morgan fingerprint density at radius 2 is 1.67 bits per heavy atom. The van der Waals surface area contributed by atoms with Crippen molar-refractivity contribution in [3.8, 4) is 0 Å². The molecule has 2 rings (SSSR count). The van der Waals surface area contributed by atoms with Crippen molar-refractivity contribution in [2.45, 2.75) is 19.8 Å². The van der Waals surface area contributed by atoms with Crippen LogP contribution in [0.15, 0.2) is 59.6 Å². The lowest BCUT2D eigenvalue weighted by molar-refractivity contribution is 0.866. The summed E-state index contributed by atoms with van der Waals surface area (Å²) in [5, 5.41) is 0.688. The minimum absolute atomic E-state index is 0.463. The molecule has 0 saturated carbocycles. The van der Waals surface area contributed by atoms with E-state index in [4.69, 9.17) is 17.3 Å². The van der Waals surface area contributed by atoms with E-state index in [2.05, 4.69) is 43.1 Å². The zero-order valence-electron chi connectivity index (χ0n) is 12.3. The highest BCUT2D eigenvalue weighted by atomic mass is 35.5. The molecule has 2 aromatic rings. The summed E-state index contributed by atoms with van der Waals surface area (Å²) in [5.41, 5.74) is 9.12. The molecule has 0 bridgehead atoms. The zero-order chi connectivity index (χ0) is 15.2. The standard InChI is InChI=1S/C18H19ClN2/c1-13(2)15-6-3-14(4-7-15)5-12-18(20)21-17-10-8-16(19)9-11-17/h3-13H,1-2H3,(H2,20,21). The Kier molecular flexibility index (Phi) is 5.18. The lowest BCUT2D eigenvalue weighted by atomic mass is 10.0. The Bertz CT molecular complexity index is 638. The molecule has 0 atom stereocenters. The second-order valence-electron chi connectivity index (χ2n) is 5.17. The Morgan fingerprint density at radius 1 is 1.05 bits per heavy atom. The quantitative estimate of drug-likeness (QED) is 0.614. The van der Waals surface area contributed by atoms with Crippen LogP contribution in [0.3, 0.4) is 0 Å². The summed E-state index contributed by atoms with van der Waals surface area (Å²) in [6.45, 7) is 4.36. The number of amidine groups is 1. The van der Waals surface area contributed by atoms with Crippen molar-refractivity contribution in [1.29, 1.82) is 0 Å². The van der Waals surface area contributed by atoms with Gasteiger partial charge in [-0.2, -0.15) is 0 Å². The number of nitrogens with two attached hydrogens (primary N) is 1. The fraction of sp³-hybridized carbons (Fsp3) is 0.167. The van der Waals surface area contributed by atoms with Gasteiger partial charge < -0.3 is 5.73 Å². The van der Waals surface area contributed by atoms with Crippen LogP contribution in [0.2, 0.25) is 5.02 Å². The van der Waals surface area contributed by atoms with Gasteiger partial charge in [-0.1, -0.05) is 55.8 Å². The van der Waals surface area contributed by atoms with Gasteiger partial charge in [0.2, 0.25) is 0 Å². The first-order valence-corrected chi connectivity index (χ1v) is 7.30. The van der Waals surface area contributed by atoms with Crippen molar-refractivity contribution in [3.63, 3.8) is 0 Å². The van der Waals surface area contributed by atoms with Gasteiger partial charge in [0.15, 0.2) is 0 Å². The molecule has 21 heavy (non-hydrogen) atoms. The van der Waals surface area contributed by atoms with Gasteiger partial charge in [-0.25, -0.2) is 4.99 Å². The van der Waals surface area contributed by atoms with Gasteiger partial charge in [-0.3, -0.25) is 0 Å². The molecule has 2 aromatic carbocycles.